The first-order valence-electron chi connectivity index (χ1n) is 5.28. The van der Waals surface area contributed by atoms with Crippen molar-refractivity contribution < 1.29 is 35.0 Å². The van der Waals surface area contributed by atoms with E-state index in [2.05, 4.69) is 0 Å². The van der Waals surface area contributed by atoms with Crippen LogP contribution in [-0.4, -0.2) is 80.8 Å². The van der Waals surface area contributed by atoms with E-state index < -0.39 is 48.3 Å². The van der Waals surface area contributed by atoms with Crippen LogP contribution in [0.3, 0.4) is 0 Å². The smallest absolute Gasteiger partial charge is 0.375 e. The van der Waals surface area contributed by atoms with Crippen molar-refractivity contribution in [3.05, 3.63) is 10.1 Å². The van der Waals surface area contributed by atoms with E-state index in [0.717, 1.165) is 7.05 Å². The summed E-state index contributed by atoms with van der Waals surface area (Å²) in [6.45, 7) is -0.648. The molecule has 11 nitrogen and oxygen atoms in total. The van der Waals surface area contributed by atoms with Crippen LogP contribution in [0.1, 0.15) is 0 Å². The van der Waals surface area contributed by atoms with E-state index in [9.17, 15) is 30.2 Å². The minimum atomic E-state index is -1.72. The fraction of sp³-hybridized carbons (Fsp3) is 0.875. The molecule has 2 amide bonds. The number of aliphatic hydroxyl groups excluding tert-OH is 4. The van der Waals surface area contributed by atoms with Crippen molar-refractivity contribution in [3.8, 4) is 0 Å². The summed E-state index contributed by atoms with van der Waals surface area (Å²) in [7, 11) is 0.866. The number of urea groups is 1. The average molecular weight is 281 g/mol. The second-order valence-corrected chi connectivity index (χ2v) is 3.97. The largest absolute Gasteiger partial charge is 0.394 e. The molecule has 1 heterocycles. The summed E-state index contributed by atoms with van der Waals surface area (Å²) in [5.41, 5.74) is 0. The Morgan fingerprint density at radius 1 is 1.42 bits per heavy atom. The summed E-state index contributed by atoms with van der Waals surface area (Å²) in [5.74, 6) is 0. The zero-order valence-corrected chi connectivity index (χ0v) is 9.91. The Balaban J connectivity index is 2.72. The molecule has 5 atom stereocenters. The highest BCUT2D eigenvalue weighted by Gasteiger charge is 2.45. The standard InChI is InChI=1S/C8H15N3O8/c1-10(11(17)18)8(16)9-4-6(14)5(13)3(2-12)19-7(4)15/h3-7,12-15H,2H2,1H3,(H,9,16)/t3-,4-,5-,6-,7?/m1/s1. The van der Waals surface area contributed by atoms with Gasteiger partial charge in [-0.15, -0.1) is 0 Å². The molecule has 1 saturated heterocycles. The molecule has 11 heteroatoms. The van der Waals surface area contributed by atoms with E-state index in [0.29, 0.717) is 0 Å². The number of hydrogen-bond donors (Lipinski definition) is 5. The molecule has 19 heavy (non-hydrogen) atoms. The topological polar surface area (TPSA) is 166 Å². The number of carbonyl (C=O) groups excluding carboxylic acids is 1. The third-order valence-corrected chi connectivity index (χ3v) is 2.73. The Morgan fingerprint density at radius 2 is 2.00 bits per heavy atom. The number of hydrazine groups is 1. The van der Waals surface area contributed by atoms with Crippen LogP contribution in [0.15, 0.2) is 0 Å². The number of aliphatic hydroxyl groups is 4. The molecule has 1 aliphatic rings. The van der Waals surface area contributed by atoms with Gasteiger partial charge in [-0.3, -0.25) is 0 Å². The summed E-state index contributed by atoms with van der Waals surface area (Å²) in [6, 6.07) is -2.67. The summed E-state index contributed by atoms with van der Waals surface area (Å²) in [6.07, 6.45) is -6.14. The summed E-state index contributed by atoms with van der Waals surface area (Å²) in [4.78, 5) is 21.7. The SMILES string of the molecule is CN(C(=O)N[C@H]1C(O)O[C@H](CO)[C@@H](O)[C@@H]1O)[N+](=O)[O-]. The molecule has 0 bridgehead atoms. The average Bonchev–Trinajstić information content (AvgIpc) is 2.37. The second-order valence-electron chi connectivity index (χ2n) is 3.97. The first-order chi connectivity index (χ1) is 8.79. The zero-order valence-electron chi connectivity index (χ0n) is 9.91. The maximum absolute atomic E-state index is 11.4. The first kappa shape index (κ1) is 15.5. The normalized spacial score (nSPS) is 34.7. The fourth-order valence-corrected chi connectivity index (χ4v) is 1.56. The van der Waals surface area contributed by atoms with E-state index in [-0.39, 0.29) is 5.01 Å². The molecule has 0 spiro atoms. The number of rotatable bonds is 3. The third kappa shape index (κ3) is 3.27. The molecule has 110 valence electrons. The zero-order chi connectivity index (χ0) is 14.7. The van der Waals surface area contributed by atoms with Crippen LogP contribution in [0.5, 0.6) is 0 Å². The molecule has 0 aromatic rings. The molecule has 1 fully saturated rings. The minimum absolute atomic E-state index is 0.101. The molecule has 0 aromatic heterocycles. The number of nitrogens with one attached hydrogen (secondary N) is 1. The van der Waals surface area contributed by atoms with Gasteiger partial charge >= 0.3 is 6.03 Å². The van der Waals surface area contributed by atoms with Crippen molar-refractivity contribution >= 4 is 6.03 Å². The van der Waals surface area contributed by atoms with Gasteiger partial charge in [-0.25, -0.2) is 14.9 Å². The summed E-state index contributed by atoms with van der Waals surface area (Å²) < 4.78 is 4.76. The molecule has 1 aliphatic heterocycles. The molecular weight excluding hydrogens is 266 g/mol. The van der Waals surface area contributed by atoms with Gasteiger partial charge in [0, 0.05) is 0 Å². The van der Waals surface area contributed by atoms with Crippen molar-refractivity contribution in [2.45, 2.75) is 30.6 Å². The maximum atomic E-state index is 11.4. The van der Waals surface area contributed by atoms with Crippen molar-refractivity contribution in [2.24, 2.45) is 0 Å². The maximum Gasteiger partial charge on any atom is 0.375 e. The number of nitrogens with zero attached hydrogens (tertiary/aromatic N) is 2. The van der Waals surface area contributed by atoms with Gasteiger partial charge in [0.25, 0.3) is 0 Å². The number of carbonyl (C=O) groups is 1. The van der Waals surface area contributed by atoms with Crippen LogP contribution in [0, 0.1) is 10.1 Å². The number of amides is 2. The minimum Gasteiger partial charge on any atom is -0.394 e. The van der Waals surface area contributed by atoms with Crippen molar-refractivity contribution in [1.29, 1.82) is 0 Å². The van der Waals surface area contributed by atoms with E-state index >= 15 is 0 Å². The molecule has 0 aromatic carbocycles. The van der Waals surface area contributed by atoms with Crippen LogP contribution in [0.25, 0.3) is 0 Å². The van der Waals surface area contributed by atoms with Gasteiger partial charge in [-0.05, 0) is 5.01 Å². The van der Waals surface area contributed by atoms with E-state index in [1.807, 2.05) is 5.32 Å². The lowest BCUT2D eigenvalue weighted by Crippen LogP contribution is -2.65. The van der Waals surface area contributed by atoms with Gasteiger partial charge in [0.1, 0.15) is 24.4 Å². The lowest BCUT2D eigenvalue weighted by molar-refractivity contribution is -0.626. The Bertz CT molecular complexity index is 353. The van der Waals surface area contributed by atoms with E-state index in [1.54, 1.807) is 0 Å². The van der Waals surface area contributed by atoms with Crippen LogP contribution in [-0.2, 0) is 4.74 Å². The third-order valence-electron chi connectivity index (χ3n) is 2.73. The highest BCUT2D eigenvalue weighted by Crippen LogP contribution is 2.19. The number of nitro groups is 1. The van der Waals surface area contributed by atoms with Crippen LogP contribution in [0.2, 0.25) is 0 Å². The molecule has 0 aliphatic carbocycles. The van der Waals surface area contributed by atoms with Crippen molar-refractivity contribution in [2.75, 3.05) is 13.7 Å². The lowest BCUT2D eigenvalue weighted by Gasteiger charge is -2.40. The molecular formula is C8H15N3O8. The molecule has 0 radical (unpaired) electrons. The van der Waals surface area contributed by atoms with E-state index in [1.165, 1.54) is 0 Å². The number of ether oxygens (including phenoxy) is 1. The van der Waals surface area contributed by atoms with E-state index in [4.69, 9.17) is 9.84 Å². The fourth-order valence-electron chi connectivity index (χ4n) is 1.56. The number of hydrogen-bond acceptors (Lipinski definition) is 8. The second kappa shape index (κ2) is 6.08. The lowest BCUT2D eigenvalue weighted by atomic mass is 9.97. The van der Waals surface area contributed by atoms with Gasteiger partial charge in [-0.2, -0.15) is 0 Å². The Kier molecular flexibility index (Phi) is 4.97. The molecule has 5 N–H and O–H groups in total. The van der Waals surface area contributed by atoms with Crippen LogP contribution >= 0.6 is 0 Å². The predicted octanol–water partition coefficient (Wildman–Crippen LogP) is -3.38. The highest BCUT2D eigenvalue weighted by atomic mass is 16.7. The monoisotopic (exact) mass is 281 g/mol. The quantitative estimate of drug-likeness (QED) is 0.264. The van der Waals surface area contributed by atoms with Crippen molar-refractivity contribution in [1.82, 2.24) is 10.3 Å². The van der Waals surface area contributed by atoms with Gasteiger partial charge < -0.3 is 30.5 Å². The van der Waals surface area contributed by atoms with Crippen LogP contribution < -0.4 is 5.32 Å². The van der Waals surface area contributed by atoms with Gasteiger partial charge in [0.15, 0.2) is 11.3 Å². The van der Waals surface area contributed by atoms with Crippen molar-refractivity contribution in [3.63, 3.8) is 0 Å². The molecule has 1 unspecified atom stereocenters. The first-order valence-corrected chi connectivity index (χ1v) is 5.28. The Labute approximate surface area is 107 Å². The Hall–Kier alpha value is -1.53. The summed E-state index contributed by atoms with van der Waals surface area (Å²) >= 11 is 0. The van der Waals surface area contributed by atoms with Crippen LogP contribution in [0.4, 0.5) is 4.79 Å². The Morgan fingerprint density at radius 3 is 2.47 bits per heavy atom. The highest BCUT2D eigenvalue weighted by molar-refractivity contribution is 5.73. The molecule has 0 saturated carbocycles. The predicted molar refractivity (Wildman–Crippen MR) is 57.1 cm³/mol. The van der Waals surface area contributed by atoms with Gasteiger partial charge in [-0.1, -0.05) is 0 Å². The van der Waals surface area contributed by atoms with Gasteiger partial charge in [0.05, 0.1) is 13.7 Å². The summed E-state index contributed by atoms with van der Waals surface area (Å²) in [5, 5.41) is 49.0. The molecule has 1 rings (SSSR count). The van der Waals surface area contributed by atoms with Gasteiger partial charge in [0.2, 0.25) is 0 Å².